The molecule has 1 saturated heterocycles. The average molecular weight is 387 g/mol. The Labute approximate surface area is 166 Å². The average Bonchev–Trinajstić information content (AvgIpc) is 3.22. The molecule has 1 aromatic carbocycles. The summed E-state index contributed by atoms with van der Waals surface area (Å²) < 4.78 is 19.7. The molecule has 6 heteroatoms. The molecule has 1 aliphatic rings. The smallest absolute Gasteiger partial charge is 0.314 e. The van der Waals surface area contributed by atoms with Crippen molar-refractivity contribution in [3.05, 3.63) is 59.8 Å². The molecule has 0 aliphatic carbocycles. The molecule has 0 bridgehead atoms. The first-order valence-electron chi connectivity index (χ1n) is 10.0. The topological polar surface area (TPSA) is 57.5 Å². The second-order valence-electron chi connectivity index (χ2n) is 8.06. The van der Waals surface area contributed by atoms with Gasteiger partial charge in [0, 0.05) is 18.5 Å². The fraction of sp³-hybridized carbons (Fsp3) is 0.500. The van der Waals surface area contributed by atoms with Crippen molar-refractivity contribution in [2.24, 2.45) is 0 Å². The Kier molecular flexibility index (Phi) is 6.73. The molecule has 152 valence electrons. The van der Waals surface area contributed by atoms with E-state index in [-0.39, 0.29) is 17.9 Å². The number of likely N-dealkylation sites (tertiary alicyclic amines) is 1. The van der Waals surface area contributed by atoms with Crippen LogP contribution in [0.5, 0.6) is 0 Å². The third-order valence-corrected chi connectivity index (χ3v) is 5.45. The highest BCUT2D eigenvalue weighted by atomic mass is 19.1. The number of nitrogens with one attached hydrogen (secondary N) is 2. The number of furan rings is 1. The standard InChI is InChI=1S/C22H30FN3O2/c1-22(2,17-9-4-5-10-18(17)23)16-25-21(27)24-15-19(20-11-8-14-28-20)26-12-6-3-7-13-26/h4-5,8-11,14,19H,3,6-7,12-13,15-16H2,1-2H3,(H2,24,25,27). The quantitative estimate of drug-likeness (QED) is 0.748. The normalized spacial score (nSPS) is 16.5. The Morgan fingerprint density at radius 3 is 2.57 bits per heavy atom. The predicted octanol–water partition coefficient (Wildman–Crippen LogP) is 4.22. The second kappa shape index (κ2) is 9.24. The van der Waals surface area contributed by atoms with Crippen LogP contribution in [0.3, 0.4) is 0 Å². The van der Waals surface area contributed by atoms with Crippen LogP contribution in [0.1, 0.15) is 50.5 Å². The lowest BCUT2D eigenvalue weighted by Crippen LogP contribution is -2.46. The highest BCUT2D eigenvalue weighted by Crippen LogP contribution is 2.26. The monoisotopic (exact) mass is 387 g/mol. The predicted molar refractivity (Wildman–Crippen MR) is 108 cm³/mol. The van der Waals surface area contributed by atoms with Gasteiger partial charge >= 0.3 is 6.03 Å². The largest absolute Gasteiger partial charge is 0.468 e. The van der Waals surface area contributed by atoms with E-state index >= 15 is 0 Å². The van der Waals surface area contributed by atoms with Crippen molar-refractivity contribution in [3.8, 4) is 0 Å². The van der Waals surface area contributed by atoms with E-state index in [2.05, 4.69) is 15.5 Å². The van der Waals surface area contributed by atoms with E-state index in [9.17, 15) is 9.18 Å². The molecule has 0 spiro atoms. The van der Waals surface area contributed by atoms with Gasteiger partial charge in [-0.05, 0) is 49.7 Å². The van der Waals surface area contributed by atoms with Gasteiger partial charge in [-0.15, -0.1) is 0 Å². The fourth-order valence-corrected chi connectivity index (χ4v) is 3.78. The SMILES string of the molecule is CC(C)(CNC(=O)NCC(c1ccco1)N1CCCCC1)c1ccccc1F. The first-order chi connectivity index (χ1) is 13.5. The van der Waals surface area contributed by atoms with E-state index in [1.807, 2.05) is 32.0 Å². The Bertz CT molecular complexity index is 755. The van der Waals surface area contributed by atoms with Crippen LogP contribution in [0.2, 0.25) is 0 Å². The minimum absolute atomic E-state index is 0.0284. The van der Waals surface area contributed by atoms with E-state index in [1.54, 1.807) is 18.4 Å². The summed E-state index contributed by atoms with van der Waals surface area (Å²) in [5, 5.41) is 5.85. The second-order valence-corrected chi connectivity index (χ2v) is 8.06. The van der Waals surface area contributed by atoms with Gasteiger partial charge in [0.2, 0.25) is 0 Å². The van der Waals surface area contributed by atoms with Gasteiger partial charge < -0.3 is 15.1 Å². The molecule has 1 atom stereocenters. The number of piperidine rings is 1. The Balaban J connectivity index is 1.55. The van der Waals surface area contributed by atoms with E-state index in [1.165, 1.54) is 25.3 Å². The molecule has 1 aliphatic heterocycles. The van der Waals surface area contributed by atoms with Crippen molar-refractivity contribution in [2.45, 2.75) is 44.6 Å². The fourth-order valence-electron chi connectivity index (χ4n) is 3.78. The molecule has 1 aromatic heterocycles. The number of amides is 2. The number of hydrogen-bond donors (Lipinski definition) is 2. The zero-order chi connectivity index (χ0) is 20.0. The van der Waals surface area contributed by atoms with Gasteiger partial charge in [0.1, 0.15) is 11.6 Å². The van der Waals surface area contributed by atoms with Gasteiger partial charge in [-0.2, -0.15) is 0 Å². The molecular weight excluding hydrogens is 357 g/mol. The van der Waals surface area contributed by atoms with Gasteiger partial charge in [0.15, 0.2) is 0 Å². The first kappa shape index (κ1) is 20.4. The van der Waals surface area contributed by atoms with E-state index < -0.39 is 5.41 Å². The number of hydrogen-bond acceptors (Lipinski definition) is 3. The van der Waals surface area contributed by atoms with Gasteiger partial charge in [-0.1, -0.05) is 38.5 Å². The highest BCUT2D eigenvalue weighted by Gasteiger charge is 2.27. The summed E-state index contributed by atoms with van der Waals surface area (Å²) in [6.07, 6.45) is 5.25. The van der Waals surface area contributed by atoms with Gasteiger partial charge in [-0.25, -0.2) is 9.18 Å². The molecule has 2 aromatic rings. The van der Waals surface area contributed by atoms with E-state index in [0.29, 0.717) is 18.7 Å². The van der Waals surface area contributed by atoms with Crippen LogP contribution in [0.15, 0.2) is 47.1 Å². The number of rotatable bonds is 7. The van der Waals surface area contributed by atoms with Crippen LogP contribution in [-0.2, 0) is 5.41 Å². The summed E-state index contributed by atoms with van der Waals surface area (Å²) in [7, 11) is 0. The number of halogens is 1. The third-order valence-electron chi connectivity index (χ3n) is 5.45. The van der Waals surface area contributed by atoms with Gasteiger partial charge in [0.05, 0.1) is 12.3 Å². The summed E-state index contributed by atoms with van der Waals surface area (Å²) in [5.41, 5.74) is 0.0905. The molecule has 1 unspecified atom stereocenters. The van der Waals surface area contributed by atoms with Crippen molar-refractivity contribution in [2.75, 3.05) is 26.2 Å². The van der Waals surface area contributed by atoms with Crippen molar-refractivity contribution >= 4 is 6.03 Å². The molecule has 0 radical (unpaired) electrons. The van der Waals surface area contributed by atoms with Crippen molar-refractivity contribution < 1.29 is 13.6 Å². The van der Waals surface area contributed by atoms with Crippen LogP contribution in [0.25, 0.3) is 0 Å². The van der Waals surface area contributed by atoms with E-state index in [0.717, 1.165) is 18.8 Å². The van der Waals surface area contributed by atoms with Crippen LogP contribution in [-0.4, -0.2) is 37.1 Å². The van der Waals surface area contributed by atoms with Gasteiger partial charge in [0.25, 0.3) is 0 Å². The molecule has 1 fully saturated rings. The molecule has 2 heterocycles. The Hall–Kier alpha value is -2.34. The zero-order valence-corrected chi connectivity index (χ0v) is 16.7. The molecule has 3 rings (SSSR count). The minimum Gasteiger partial charge on any atom is -0.468 e. The van der Waals surface area contributed by atoms with Crippen LogP contribution < -0.4 is 10.6 Å². The van der Waals surface area contributed by atoms with Crippen molar-refractivity contribution in [1.82, 2.24) is 15.5 Å². The maximum atomic E-state index is 14.1. The third kappa shape index (κ3) is 5.13. The number of nitrogens with zero attached hydrogens (tertiary/aromatic N) is 1. The molecule has 0 saturated carbocycles. The molecule has 5 nitrogen and oxygen atoms in total. The Morgan fingerprint density at radius 1 is 1.14 bits per heavy atom. The molecular formula is C22H30FN3O2. The maximum Gasteiger partial charge on any atom is 0.314 e. The lowest BCUT2D eigenvalue weighted by atomic mass is 9.84. The Morgan fingerprint density at radius 2 is 1.89 bits per heavy atom. The highest BCUT2D eigenvalue weighted by molar-refractivity contribution is 5.74. The summed E-state index contributed by atoms with van der Waals surface area (Å²) >= 11 is 0. The van der Waals surface area contributed by atoms with Crippen molar-refractivity contribution in [3.63, 3.8) is 0 Å². The minimum atomic E-state index is -0.504. The van der Waals surface area contributed by atoms with Crippen LogP contribution >= 0.6 is 0 Å². The summed E-state index contributed by atoms with van der Waals surface area (Å²) in [6, 6.07) is 10.3. The summed E-state index contributed by atoms with van der Waals surface area (Å²) in [5.74, 6) is 0.617. The summed E-state index contributed by atoms with van der Waals surface area (Å²) in [6.45, 7) is 6.68. The van der Waals surface area contributed by atoms with Crippen LogP contribution in [0.4, 0.5) is 9.18 Å². The van der Waals surface area contributed by atoms with Gasteiger partial charge in [-0.3, -0.25) is 4.90 Å². The van der Waals surface area contributed by atoms with E-state index in [4.69, 9.17) is 4.42 Å². The summed E-state index contributed by atoms with van der Waals surface area (Å²) in [4.78, 5) is 14.8. The number of carbonyl (C=O) groups excluding carboxylic acids is 1. The number of urea groups is 1. The van der Waals surface area contributed by atoms with Crippen LogP contribution in [0, 0.1) is 5.82 Å². The lowest BCUT2D eigenvalue weighted by molar-refractivity contribution is 0.143. The maximum absolute atomic E-state index is 14.1. The first-order valence-corrected chi connectivity index (χ1v) is 10.0. The van der Waals surface area contributed by atoms with Crippen molar-refractivity contribution in [1.29, 1.82) is 0 Å². The molecule has 2 amide bonds. The zero-order valence-electron chi connectivity index (χ0n) is 16.7. The molecule has 2 N–H and O–H groups in total. The number of benzene rings is 1. The lowest BCUT2D eigenvalue weighted by Gasteiger charge is -2.33. The molecule has 28 heavy (non-hydrogen) atoms. The number of carbonyl (C=O) groups is 1.